The Hall–Kier alpha value is -0.330. The summed E-state index contributed by atoms with van der Waals surface area (Å²) in [7, 11) is 0. The van der Waals surface area contributed by atoms with Gasteiger partial charge in [0, 0.05) is 5.92 Å². The van der Waals surface area contributed by atoms with Crippen LogP contribution in [0.5, 0.6) is 0 Å². The Morgan fingerprint density at radius 2 is 1.60 bits per heavy atom. The molecule has 60 valence electrons. The zero-order valence-electron chi connectivity index (χ0n) is 7.48. The van der Waals surface area contributed by atoms with Crippen molar-refractivity contribution in [3.63, 3.8) is 0 Å². The smallest absolute Gasteiger partial charge is 0.132 e. The Morgan fingerprint density at radius 1 is 1.30 bits per heavy atom. The number of ketones is 1. The van der Waals surface area contributed by atoms with E-state index in [2.05, 4.69) is 20.8 Å². The molecular formula is C9H18O. The van der Waals surface area contributed by atoms with E-state index in [-0.39, 0.29) is 0 Å². The maximum Gasteiger partial charge on any atom is 0.132 e. The summed E-state index contributed by atoms with van der Waals surface area (Å²) in [5.74, 6) is 1.67. The average molecular weight is 142 g/mol. The number of carbonyl (C=O) groups is 1. The van der Waals surface area contributed by atoms with Crippen molar-refractivity contribution in [2.45, 2.75) is 40.5 Å². The van der Waals surface area contributed by atoms with Crippen LogP contribution in [-0.4, -0.2) is 5.78 Å². The molecule has 1 aliphatic carbocycles. The normalized spacial score (nSPS) is 16.1. The molecule has 0 aromatic carbocycles. The summed E-state index contributed by atoms with van der Waals surface area (Å²) >= 11 is 0. The van der Waals surface area contributed by atoms with Crippen LogP contribution >= 0.6 is 0 Å². The largest absolute Gasteiger partial charge is 0.300 e. The molecule has 0 aromatic rings. The fourth-order valence-electron chi connectivity index (χ4n) is 0.490. The predicted molar refractivity (Wildman–Crippen MR) is 43.9 cm³/mol. The molecule has 0 radical (unpaired) electrons. The molecule has 0 heterocycles. The SMILES string of the molecule is CC(=O)C1CC1.CC(C)C. The van der Waals surface area contributed by atoms with Crippen LogP contribution in [0.3, 0.4) is 0 Å². The van der Waals surface area contributed by atoms with Gasteiger partial charge in [-0.3, -0.25) is 4.79 Å². The van der Waals surface area contributed by atoms with Gasteiger partial charge in [0.2, 0.25) is 0 Å². The van der Waals surface area contributed by atoms with E-state index in [1.807, 2.05) is 0 Å². The van der Waals surface area contributed by atoms with Crippen LogP contribution in [0.15, 0.2) is 0 Å². The molecule has 0 unspecified atom stereocenters. The summed E-state index contributed by atoms with van der Waals surface area (Å²) in [6.07, 6.45) is 2.30. The number of hydrogen-bond acceptors (Lipinski definition) is 1. The minimum Gasteiger partial charge on any atom is -0.300 e. The summed E-state index contributed by atoms with van der Waals surface area (Å²) < 4.78 is 0. The fourth-order valence-corrected chi connectivity index (χ4v) is 0.490. The van der Waals surface area contributed by atoms with Crippen molar-refractivity contribution in [2.24, 2.45) is 11.8 Å². The molecule has 0 aliphatic heterocycles. The highest BCUT2D eigenvalue weighted by Gasteiger charge is 2.25. The molecule has 0 N–H and O–H groups in total. The minimum atomic E-state index is 0.370. The molecule has 1 heteroatoms. The Morgan fingerprint density at radius 3 is 1.60 bits per heavy atom. The van der Waals surface area contributed by atoms with E-state index in [9.17, 15) is 4.79 Å². The van der Waals surface area contributed by atoms with Crippen LogP contribution in [0.1, 0.15) is 40.5 Å². The van der Waals surface area contributed by atoms with Gasteiger partial charge in [-0.1, -0.05) is 20.8 Å². The van der Waals surface area contributed by atoms with Gasteiger partial charge in [-0.15, -0.1) is 0 Å². The topological polar surface area (TPSA) is 17.1 Å². The van der Waals surface area contributed by atoms with Crippen LogP contribution < -0.4 is 0 Å². The Kier molecular flexibility index (Phi) is 4.33. The fraction of sp³-hybridized carbons (Fsp3) is 0.889. The molecule has 0 amide bonds. The summed E-state index contributed by atoms with van der Waals surface area (Å²) in [5, 5.41) is 0. The number of Topliss-reactive ketones (excluding diaryl/α,β-unsaturated/α-hetero) is 1. The molecule has 1 aliphatic rings. The Labute approximate surface area is 63.8 Å². The van der Waals surface area contributed by atoms with Crippen LogP contribution in [0.4, 0.5) is 0 Å². The Balaban J connectivity index is 0.000000180. The minimum absolute atomic E-state index is 0.370. The molecule has 1 saturated carbocycles. The first-order valence-corrected chi connectivity index (χ1v) is 4.04. The monoisotopic (exact) mass is 142 g/mol. The highest BCUT2D eigenvalue weighted by Crippen LogP contribution is 2.29. The lowest BCUT2D eigenvalue weighted by atomic mass is 10.3. The van der Waals surface area contributed by atoms with Crippen molar-refractivity contribution in [1.29, 1.82) is 0 Å². The lowest BCUT2D eigenvalue weighted by molar-refractivity contribution is -0.118. The molecule has 0 bridgehead atoms. The van der Waals surface area contributed by atoms with E-state index in [4.69, 9.17) is 0 Å². The van der Waals surface area contributed by atoms with Gasteiger partial charge >= 0.3 is 0 Å². The van der Waals surface area contributed by atoms with E-state index in [0.29, 0.717) is 11.7 Å². The van der Waals surface area contributed by atoms with Crippen molar-refractivity contribution in [2.75, 3.05) is 0 Å². The van der Waals surface area contributed by atoms with Crippen molar-refractivity contribution in [3.05, 3.63) is 0 Å². The van der Waals surface area contributed by atoms with E-state index < -0.39 is 0 Å². The predicted octanol–water partition coefficient (Wildman–Crippen LogP) is 2.65. The van der Waals surface area contributed by atoms with E-state index >= 15 is 0 Å². The molecule has 1 fully saturated rings. The second kappa shape index (κ2) is 4.48. The second-order valence-corrected chi connectivity index (χ2v) is 3.62. The third-order valence-corrected chi connectivity index (χ3v) is 1.15. The lowest BCUT2D eigenvalue weighted by Crippen LogP contribution is -1.88. The van der Waals surface area contributed by atoms with Crippen LogP contribution in [-0.2, 0) is 4.79 Å². The maximum absolute atomic E-state index is 10.2. The quantitative estimate of drug-likeness (QED) is 0.550. The van der Waals surface area contributed by atoms with Gasteiger partial charge in [0.1, 0.15) is 5.78 Å². The first-order chi connectivity index (χ1) is 4.54. The van der Waals surface area contributed by atoms with Gasteiger partial charge in [-0.25, -0.2) is 0 Å². The molecule has 0 saturated heterocycles. The molecular weight excluding hydrogens is 124 g/mol. The molecule has 0 atom stereocenters. The maximum atomic E-state index is 10.2. The van der Waals surface area contributed by atoms with Crippen molar-refractivity contribution in [3.8, 4) is 0 Å². The first-order valence-electron chi connectivity index (χ1n) is 4.04. The van der Waals surface area contributed by atoms with Crippen molar-refractivity contribution < 1.29 is 4.79 Å². The van der Waals surface area contributed by atoms with Crippen molar-refractivity contribution >= 4 is 5.78 Å². The van der Waals surface area contributed by atoms with Gasteiger partial charge in [0.25, 0.3) is 0 Å². The number of carbonyl (C=O) groups excluding carboxylic acids is 1. The molecule has 10 heavy (non-hydrogen) atoms. The summed E-state index contributed by atoms with van der Waals surface area (Å²) in [5.41, 5.74) is 0. The van der Waals surface area contributed by atoms with E-state index in [1.54, 1.807) is 6.92 Å². The van der Waals surface area contributed by atoms with Crippen LogP contribution in [0, 0.1) is 11.8 Å². The molecule has 1 nitrogen and oxygen atoms in total. The van der Waals surface area contributed by atoms with E-state index in [0.717, 1.165) is 18.8 Å². The zero-order valence-corrected chi connectivity index (χ0v) is 7.48. The Bertz CT molecular complexity index is 98.5. The molecule has 1 rings (SSSR count). The standard InChI is InChI=1S/C5H8O.C4H10/c1-4(6)5-2-3-5;1-4(2)3/h5H,2-3H2,1H3;4H,1-3H3. The summed E-state index contributed by atoms with van der Waals surface area (Å²) in [6.45, 7) is 8.16. The van der Waals surface area contributed by atoms with Gasteiger partial charge in [0.05, 0.1) is 0 Å². The highest BCUT2D eigenvalue weighted by molar-refractivity contribution is 5.80. The van der Waals surface area contributed by atoms with Crippen molar-refractivity contribution in [1.82, 2.24) is 0 Å². The van der Waals surface area contributed by atoms with Gasteiger partial charge < -0.3 is 0 Å². The van der Waals surface area contributed by atoms with Crippen LogP contribution in [0.25, 0.3) is 0 Å². The van der Waals surface area contributed by atoms with Crippen LogP contribution in [0.2, 0.25) is 0 Å². The second-order valence-electron chi connectivity index (χ2n) is 3.62. The van der Waals surface area contributed by atoms with Gasteiger partial charge in [0.15, 0.2) is 0 Å². The number of hydrogen-bond donors (Lipinski definition) is 0. The molecule has 0 spiro atoms. The van der Waals surface area contributed by atoms with E-state index in [1.165, 1.54) is 0 Å². The average Bonchev–Trinajstić information content (AvgIpc) is 2.38. The summed E-state index contributed by atoms with van der Waals surface area (Å²) in [4.78, 5) is 10.2. The first kappa shape index (κ1) is 9.67. The molecule has 0 aromatic heterocycles. The highest BCUT2D eigenvalue weighted by atomic mass is 16.1. The third-order valence-electron chi connectivity index (χ3n) is 1.15. The number of rotatable bonds is 1. The third kappa shape index (κ3) is 7.67. The lowest BCUT2D eigenvalue weighted by Gasteiger charge is -1.79. The summed E-state index contributed by atoms with van der Waals surface area (Å²) in [6, 6.07) is 0. The van der Waals surface area contributed by atoms with Gasteiger partial charge in [-0.2, -0.15) is 0 Å². The zero-order chi connectivity index (χ0) is 8.15. The van der Waals surface area contributed by atoms with Gasteiger partial charge in [-0.05, 0) is 25.7 Å².